The van der Waals surface area contributed by atoms with Gasteiger partial charge >= 0.3 is 0 Å². The van der Waals surface area contributed by atoms with Crippen molar-refractivity contribution >= 4 is 0 Å². The van der Waals surface area contributed by atoms with Gasteiger partial charge in [-0.15, -0.1) is 0 Å². The van der Waals surface area contributed by atoms with E-state index in [0.29, 0.717) is 0 Å². The average molecular weight is 161 g/mol. The average Bonchev–Trinajstić information content (AvgIpc) is 2.04. The highest BCUT2D eigenvalue weighted by molar-refractivity contribution is 4.53. The second-order valence-electron chi connectivity index (χ2n) is 2.45. The lowest BCUT2D eigenvalue weighted by Gasteiger charge is -2.10. The fourth-order valence-electron chi connectivity index (χ4n) is 0.677. The van der Waals surface area contributed by atoms with Crippen LogP contribution in [0.25, 0.3) is 0 Å². The molecule has 0 aromatic heterocycles. The Bertz CT molecular complexity index is 78.5. The van der Waals surface area contributed by atoms with E-state index < -0.39 is 0 Å². The van der Waals surface area contributed by atoms with Gasteiger partial charge in [0.15, 0.2) is 0 Å². The number of hydrogen-bond donors (Lipinski definition) is 1. The van der Waals surface area contributed by atoms with Crippen LogP contribution in [0.15, 0.2) is 0 Å². The predicted molar refractivity (Wildman–Crippen MR) is 45.8 cm³/mol. The van der Waals surface area contributed by atoms with Crippen molar-refractivity contribution in [2.75, 3.05) is 33.4 Å². The van der Waals surface area contributed by atoms with Crippen LogP contribution in [0.5, 0.6) is 0 Å². The first kappa shape index (κ1) is 10.9. The van der Waals surface area contributed by atoms with E-state index in [1.807, 2.05) is 13.8 Å². The van der Waals surface area contributed by atoms with Gasteiger partial charge < -0.3 is 14.8 Å². The van der Waals surface area contributed by atoms with Gasteiger partial charge in [-0.3, -0.25) is 0 Å². The van der Waals surface area contributed by atoms with Crippen molar-refractivity contribution in [2.24, 2.45) is 0 Å². The van der Waals surface area contributed by atoms with E-state index in [2.05, 4.69) is 5.32 Å². The Morgan fingerprint density at radius 2 is 2.18 bits per heavy atom. The summed E-state index contributed by atoms with van der Waals surface area (Å²) in [4.78, 5) is 0. The summed E-state index contributed by atoms with van der Waals surface area (Å²) in [5.74, 6) is 0. The van der Waals surface area contributed by atoms with Gasteiger partial charge in [0.25, 0.3) is 0 Å². The summed E-state index contributed by atoms with van der Waals surface area (Å²) in [6.45, 7) is 7.41. The maximum Gasteiger partial charge on any atom is 0.0667 e. The molecule has 11 heavy (non-hydrogen) atoms. The molecule has 0 heterocycles. The summed E-state index contributed by atoms with van der Waals surface area (Å²) in [7, 11) is 1.72. The van der Waals surface area contributed by atoms with Gasteiger partial charge in [-0.05, 0) is 13.8 Å². The molecule has 0 saturated heterocycles. The van der Waals surface area contributed by atoms with Crippen molar-refractivity contribution in [3.05, 3.63) is 0 Å². The zero-order chi connectivity index (χ0) is 8.53. The minimum absolute atomic E-state index is 0.289. The largest absolute Gasteiger partial charge is 0.380 e. The molecule has 0 aromatic carbocycles. The highest BCUT2D eigenvalue weighted by Crippen LogP contribution is 1.82. The number of rotatable bonds is 7. The van der Waals surface area contributed by atoms with E-state index in [4.69, 9.17) is 9.47 Å². The lowest BCUT2D eigenvalue weighted by molar-refractivity contribution is 0.109. The molecule has 68 valence electrons. The molecule has 0 fully saturated rings. The van der Waals surface area contributed by atoms with Crippen molar-refractivity contribution in [3.8, 4) is 0 Å². The van der Waals surface area contributed by atoms with Gasteiger partial charge in [0.05, 0.1) is 12.7 Å². The molecular weight excluding hydrogens is 142 g/mol. The van der Waals surface area contributed by atoms with E-state index in [1.165, 1.54) is 0 Å². The van der Waals surface area contributed by atoms with E-state index >= 15 is 0 Å². The molecule has 0 aromatic rings. The number of methoxy groups -OCH3 is 1. The Morgan fingerprint density at radius 1 is 1.45 bits per heavy atom. The molecular formula is C8H19NO2. The van der Waals surface area contributed by atoms with Crippen molar-refractivity contribution in [2.45, 2.75) is 20.0 Å². The van der Waals surface area contributed by atoms with E-state index in [1.54, 1.807) is 7.11 Å². The molecule has 1 N–H and O–H groups in total. The highest BCUT2D eigenvalue weighted by atomic mass is 16.5. The summed E-state index contributed by atoms with van der Waals surface area (Å²) >= 11 is 0. The molecule has 0 aliphatic carbocycles. The third-order valence-electron chi connectivity index (χ3n) is 1.46. The molecule has 0 saturated carbocycles. The molecule has 1 unspecified atom stereocenters. The van der Waals surface area contributed by atoms with Gasteiger partial charge in [0.1, 0.15) is 0 Å². The van der Waals surface area contributed by atoms with Crippen LogP contribution in [0.2, 0.25) is 0 Å². The molecule has 3 nitrogen and oxygen atoms in total. The summed E-state index contributed by atoms with van der Waals surface area (Å²) in [6.07, 6.45) is 0.289. The molecule has 0 spiro atoms. The third-order valence-corrected chi connectivity index (χ3v) is 1.46. The quantitative estimate of drug-likeness (QED) is 0.556. The normalized spacial score (nSPS) is 13.4. The zero-order valence-corrected chi connectivity index (χ0v) is 7.72. The van der Waals surface area contributed by atoms with E-state index in [0.717, 1.165) is 26.3 Å². The van der Waals surface area contributed by atoms with Crippen LogP contribution in [0.1, 0.15) is 13.8 Å². The van der Waals surface area contributed by atoms with E-state index in [9.17, 15) is 0 Å². The van der Waals surface area contributed by atoms with Crippen LogP contribution in [0.3, 0.4) is 0 Å². The lowest BCUT2D eigenvalue weighted by Crippen LogP contribution is -2.28. The molecule has 0 radical (unpaired) electrons. The van der Waals surface area contributed by atoms with Gasteiger partial charge in [0, 0.05) is 26.8 Å². The van der Waals surface area contributed by atoms with Crippen molar-refractivity contribution < 1.29 is 9.47 Å². The Balaban J connectivity index is 2.89. The van der Waals surface area contributed by atoms with Gasteiger partial charge in [-0.2, -0.15) is 0 Å². The van der Waals surface area contributed by atoms with Crippen molar-refractivity contribution in [1.82, 2.24) is 5.32 Å². The molecule has 0 amide bonds. The molecule has 0 aliphatic rings. The summed E-state index contributed by atoms with van der Waals surface area (Å²) in [6, 6.07) is 0. The molecule has 1 atom stereocenters. The van der Waals surface area contributed by atoms with E-state index in [-0.39, 0.29) is 6.10 Å². The Morgan fingerprint density at radius 3 is 2.73 bits per heavy atom. The Kier molecular flexibility index (Phi) is 7.89. The van der Waals surface area contributed by atoms with Crippen LogP contribution in [-0.4, -0.2) is 39.5 Å². The minimum Gasteiger partial charge on any atom is -0.380 e. The van der Waals surface area contributed by atoms with Crippen molar-refractivity contribution in [3.63, 3.8) is 0 Å². The first-order valence-corrected chi connectivity index (χ1v) is 4.12. The maximum atomic E-state index is 5.15. The first-order valence-electron chi connectivity index (χ1n) is 4.12. The summed E-state index contributed by atoms with van der Waals surface area (Å²) in [5, 5.41) is 3.22. The number of ether oxygens (including phenoxy) is 2. The minimum atomic E-state index is 0.289. The second-order valence-corrected chi connectivity index (χ2v) is 2.45. The molecule has 0 bridgehead atoms. The Labute approximate surface area is 69.1 Å². The smallest absolute Gasteiger partial charge is 0.0667 e. The lowest BCUT2D eigenvalue weighted by atomic mass is 10.4. The van der Waals surface area contributed by atoms with Crippen LogP contribution < -0.4 is 5.32 Å². The molecule has 0 aliphatic heterocycles. The van der Waals surface area contributed by atoms with Crippen LogP contribution in [0.4, 0.5) is 0 Å². The fraction of sp³-hybridized carbons (Fsp3) is 1.00. The second kappa shape index (κ2) is 7.98. The van der Waals surface area contributed by atoms with Gasteiger partial charge in [-0.25, -0.2) is 0 Å². The summed E-state index contributed by atoms with van der Waals surface area (Å²) < 4.78 is 10.2. The predicted octanol–water partition coefficient (Wildman–Crippen LogP) is 0.647. The van der Waals surface area contributed by atoms with Crippen molar-refractivity contribution in [1.29, 1.82) is 0 Å². The van der Waals surface area contributed by atoms with Gasteiger partial charge in [-0.1, -0.05) is 0 Å². The molecule has 0 rings (SSSR count). The fourth-order valence-corrected chi connectivity index (χ4v) is 0.677. The highest BCUT2D eigenvalue weighted by Gasteiger charge is 1.96. The first-order chi connectivity index (χ1) is 5.31. The van der Waals surface area contributed by atoms with Gasteiger partial charge in [0.2, 0.25) is 0 Å². The van der Waals surface area contributed by atoms with Crippen LogP contribution >= 0.6 is 0 Å². The number of hydrogen-bond acceptors (Lipinski definition) is 3. The topological polar surface area (TPSA) is 30.5 Å². The van der Waals surface area contributed by atoms with Crippen LogP contribution in [-0.2, 0) is 9.47 Å². The zero-order valence-electron chi connectivity index (χ0n) is 7.72. The molecule has 3 heteroatoms. The standard InChI is InChI=1S/C8H19NO2/c1-4-11-6-5-9-7-8(2)10-3/h8-9H,4-7H2,1-3H3. The van der Waals surface area contributed by atoms with Crippen LogP contribution in [0, 0.1) is 0 Å². The maximum absolute atomic E-state index is 5.15. The number of nitrogens with one attached hydrogen (secondary N) is 1. The monoisotopic (exact) mass is 161 g/mol. The SMILES string of the molecule is CCOCCNCC(C)OC. The Hall–Kier alpha value is -0.120. The summed E-state index contributed by atoms with van der Waals surface area (Å²) in [5.41, 5.74) is 0. The third kappa shape index (κ3) is 7.78.